The number of hydrogen-bond acceptors (Lipinski definition) is 1. The molecule has 68 valence electrons. The van der Waals surface area contributed by atoms with Gasteiger partial charge < -0.3 is 5.11 Å². The molecule has 0 fully saturated rings. The molecule has 4 heteroatoms. The number of nitrogens with zero attached hydrogens (tertiary/aromatic N) is 1. The molecule has 0 aromatic heterocycles. The highest BCUT2D eigenvalue weighted by Crippen LogP contribution is 2.34. The van der Waals surface area contributed by atoms with Crippen LogP contribution in [-0.2, 0) is 6.42 Å². The quantitative estimate of drug-likeness (QED) is 0.759. The topological polar surface area (TPSA) is 40.5 Å². The molecule has 2 rings (SSSR count). The summed E-state index contributed by atoms with van der Waals surface area (Å²) in [6, 6.07) is 5.75. The second-order valence-electron chi connectivity index (χ2n) is 2.93. The lowest BCUT2D eigenvalue weighted by Crippen LogP contribution is -2.26. The Morgan fingerprint density at radius 3 is 3.00 bits per heavy atom. The molecule has 0 saturated heterocycles. The minimum absolute atomic E-state index is 0.563. The molecule has 0 radical (unpaired) electrons. The van der Waals surface area contributed by atoms with Crippen molar-refractivity contribution < 1.29 is 9.90 Å². The average Bonchev–Trinajstić information content (AvgIpc) is 2.49. The Labute approximate surface area is 84.1 Å². The molecule has 13 heavy (non-hydrogen) atoms. The van der Waals surface area contributed by atoms with Crippen molar-refractivity contribution in [3.05, 3.63) is 28.2 Å². The van der Waals surface area contributed by atoms with Crippen molar-refractivity contribution >= 4 is 27.7 Å². The van der Waals surface area contributed by atoms with Gasteiger partial charge in [-0.25, -0.2) is 4.79 Å². The summed E-state index contributed by atoms with van der Waals surface area (Å²) in [7, 11) is 0. The van der Waals surface area contributed by atoms with Crippen LogP contribution in [0.3, 0.4) is 0 Å². The molecule has 0 unspecified atom stereocenters. The van der Waals surface area contributed by atoms with E-state index in [-0.39, 0.29) is 0 Å². The van der Waals surface area contributed by atoms with Crippen molar-refractivity contribution in [1.29, 1.82) is 0 Å². The molecule has 0 spiro atoms. The van der Waals surface area contributed by atoms with Crippen LogP contribution in [0.5, 0.6) is 0 Å². The van der Waals surface area contributed by atoms with Gasteiger partial charge in [0.05, 0.1) is 5.69 Å². The van der Waals surface area contributed by atoms with Gasteiger partial charge in [-0.05, 0) is 34.0 Å². The fraction of sp³-hybridized carbons (Fsp3) is 0.222. The first kappa shape index (κ1) is 8.56. The van der Waals surface area contributed by atoms with Gasteiger partial charge in [-0.15, -0.1) is 0 Å². The Morgan fingerprint density at radius 2 is 2.31 bits per heavy atom. The molecular weight excluding hydrogens is 234 g/mol. The summed E-state index contributed by atoms with van der Waals surface area (Å²) in [5.41, 5.74) is 1.90. The first-order valence-corrected chi connectivity index (χ1v) is 4.77. The molecule has 0 bridgehead atoms. The summed E-state index contributed by atoms with van der Waals surface area (Å²) in [5.74, 6) is 0. The highest BCUT2D eigenvalue weighted by atomic mass is 79.9. The van der Waals surface area contributed by atoms with E-state index in [4.69, 9.17) is 5.11 Å². The molecule has 1 aliphatic heterocycles. The molecule has 1 N–H and O–H groups in total. The van der Waals surface area contributed by atoms with Gasteiger partial charge in [0.25, 0.3) is 0 Å². The van der Waals surface area contributed by atoms with Crippen molar-refractivity contribution in [2.75, 3.05) is 11.4 Å². The first-order chi connectivity index (χ1) is 6.20. The summed E-state index contributed by atoms with van der Waals surface area (Å²) in [6.45, 7) is 0.563. The second kappa shape index (κ2) is 3.03. The molecule has 0 saturated carbocycles. The van der Waals surface area contributed by atoms with Gasteiger partial charge in [0.15, 0.2) is 0 Å². The third-order valence-electron chi connectivity index (χ3n) is 2.18. The number of fused-ring (bicyclic) bond motifs is 1. The van der Waals surface area contributed by atoms with Crippen LogP contribution >= 0.6 is 15.9 Å². The lowest BCUT2D eigenvalue weighted by molar-refractivity contribution is 0.202. The summed E-state index contributed by atoms with van der Waals surface area (Å²) in [4.78, 5) is 12.2. The number of halogens is 1. The molecular formula is C9H8BrNO2. The number of carboxylic acid groups (broad SMARTS) is 1. The van der Waals surface area contributed by atoms with Crippen LogP contribution in [0.15, 0.2) is 22.7 Å². The Bertz CT molecular complexity index is 365. The van der Waals surface area contributed by atoms with E-state index >= 15 is 0 Å². The fourth-order valence-corrected chi connectivity index (χ4v) is 2.22. The van der Waals surface area contributed by atoms with E-state index in [0.29, 0.717) is 6.54 Å². The molecule has 1 aliphatic rings. The van der Waals surface area contributed by atoms with E-state index in [1.807, 2.05) is 18.2 Å². The van der Waals surface area contributed by atoms with Crippen LogP contribution in [0, 0.1) is 0 Å². The molecule has 0 atom stereocenters. The standard InChI is InChI=1S/C9H8BrNO2/c10-7-3-1-2-6-4-5-11(8(6)7)9(12)13/h1-3H,4-5H2,(H,12,13). The molecule has 1 aromatic rings. The SMILES string of the molecule is O=C(O)N1CCc2cccc(Br)c21. The Hall–Kier alpha value is -1.03. The molecule has 0 aliphatic carbocycles. The number of anilines is 1. The zero-order chi connectivity index (χ0) is 9.42. The van der Waals surface area contributed by atoms with Gasteiger partial charge in [0.2, 0.25) is 0 Å². The normalized spacial score (nSPS) is 14.4. The minimum atomic E-state index is -0.884. The van der Waals surface area contributed by atoms with Crippen molar-refractivity contribution in [1.82, 2.24) is 0 Å². The Morgan fingerprint density at radius 1 is 1.54 bits per heavy atom. The van der Waals surface area contributed by atoms with Gasteiger partial charge in [0.1, 0.15) is 0 Å². The molecule has 1 aromatic carbocycles. The Kier molecular flexibility index (Phi) is 2.00. The monoisotopic (exact) mass is 241 g/mol. The predicted molar refractivity (Wildman–Crippen MR) is 53.2 cm³/mol. The van der Waals surface area contributed by atoms with Crippen LogP contribution in [0.25, 0.3) is 0 Å². The highest BCUT2D eigenvalue weighted by molar-refractivity contribution is 9.10. The lowest BCUT2D eigenvalue weighted by Gasteiger charge is -2.13. The van der Waals surface area contributed by atoms with E-state index < -0.39 is 6.09 Å². The largest absolute Gasteiger partial charge is 0.465 e. The lowest BCUT2D eigenvalue weighted by atomic mass is 10.2. The molecule has 3 nitrogen and oxygen atoms in total. The number of para-hydroxylation sites is 1. The maximum Gasteiger partial charge on any atom is 0.411 e. The highest BCUT2D eigenvalue weighted by Gasteiger charge is 2.25. The number of hydrogen-bond donors (Lipinski definition) is 1. The summed E-state index contributed by atoms with van der Waals surface area (Å²) >= 11 is 3.35. The summed E-state index contributed by atoms with van der Waals surface area (Å²) in [5, 5.41) is 8.89. The van der Waals surface area contributed by atoms with E-state index in [1.165, 1.54) is 4.90 Å². The van der Waals surface area contributed by atoms with Gasteiger partial charge in [-0.2, -0.15) is 0 Å². The average molecular weight is 242 g/mol. The summed E-state index contributed by atoms with van der Waals surface area (Å²) in [6.07, 6.45) is -0.0770. The minimum Gasteiger partial charge on any atom is -0.465 e. The fourth-order valence-electron chi connectivity index (χ4n) is 1.60. The third kappa shape index (κ3) is 1.31. The molecule has 1 amide bonds. The Balaban J connectivity index is 2.52. The predicted octanol–water partition coefficient (Wildman–Crippen LogP) is 2.49. The first-order valence-electron chi connectivity index (χ1n) is 3.98. The number of amides is 1. The van der Waals surface area contributed by atoms with E-state index in [1.54, 1.807) is 0 Å². The van der Waals surface area contributed by atoms with Gasteiger partial charge in [-0.1, -0.05) is 12.1 Å². The van der Waals surface area contributed by atoms with Crippen LogP contribution in [0.1, 0.15) is 5.56 Å². The summed E-state index contributed by atoms with van der Waals surface area (Å²) < 4.78 is 0.852. The van der Waals surface area contributed by atoms with Gasteiger partial charge in [0, 0.05) is 11.0 Å². The van der Waals surface area contributed by atoms with Crippen molar-refractivity contribution in [3.63, 3.8) is 0 Å². The van der Waals surface area contributed by atoms with Crippen LogP contribution in [0.4, 0.5) is 10.5 Å². The van der Waals surface area contributed by atoms with Crippen LogP contribution in [0.2, 0.25) is 0 Å². The van der Waals surface area contributed by atoms with Gasteiger partial charge in [-0.3, -0.25) is 4.90 Å². The third-order valence-corrected chi connectivity index (χ3v) is 2.82. The molecule has 1 heterocycles. The number of carbonyl (C=O) groups is 1. The number of rotatable bonds is 0. The zero-order valence-electron chi connectivity index (χ0n) is 6.83. The number of benzene rings is 1. The smallest absolute Gasteiger partial charge is 0.411 e. The van der Waals surface area contributed by atoms with Crippen LogP contribution in [-0.4, -0.2) is 17.7 Å². The second-order valence-corrected chi connectivity index (χ2v) is 3.79. The van der Waals surface area contributed by atoms with E-state index in [2.05, 4.69) is 15.9 Å². The van der Waals surface area contributed by atoms with Crippen LogP contribution < -0.4 is 4.90 Å². The maximum absolute atomic E-state index is 10.8. The van der Waals surface area contributed by atoms with E-state index in [9.17, 15) is 4.79 Å². The maximum atomic E-state index is 10.8. The van der Waals surface area contributed by atoms with Crippen molar-refractivity contribution in [2.24, 2.45) is 0 Å². The van der Waals surface area contributed by atoms with Crippen molar-refractivity contribution in [3.8, 4) is 0 Å². The van der Waals surface area contributed by atoms with E-state index in [0.717, 1.165) is 22.1 Å². The zero-order valence-corrected chi connectivity index (χ0v) is 8.41. The van der Waals surface area contributed by atoms with Crippen molar-refractivity contribution in [2.45, 2.75) is 6.42 Å². The van der Waals surface area contributed by atoms with Gasteiger partial charge >= 0.3 is 6.09 Å².